The average molecular weight is 821 g/mol. The van der Waals surface area contributed by atoms with E-state index in [2.05, 4.69) is 53.0 Å². The van der Waals surface area contributed by atoms with Gasteiger partial charge in [-0.15, -0.1) is 0 Å². The Morgan fingerprint density at radius 1 is 0.704 bits per heavy atom. The molecule has 5 rings (SSSR count). The Labute approximate surface area is 345 Å². The summed E-state index contributed by atoms with van der Waals surface area (Å²) in [5.74, 6) is 7.36. The van der Waals surface area contributed by atoms with E-state index in [1.807, 2.05) is 56.9 Å². The number of hydrogen-bond donors (Lipinski definition) is 6. The summed E-state index contributed by atoms with van der Waals surface area (Å²) in [6.45, 7) is 8.87. The molecule has 4 atom stereocenters. The zero-order valence-corrected chi connectivity index (χ0v) is 35.6. The molecule has 0 radical (unpaired) electrons. The second-order valence-corrected chi connectivity index (χ2v) is 13.5. The fourth-order valence-corrected chi connectivity index (χ4v) is 6.54. The molecule has 18 heteroatoms. The van der Waals surface area contributed by atoms with Gasteiger partial charge < -0.3 is 41.0 Å². The summed E-state index contributed by atoms with van der Waals surface area (Å²) in [6, 6.07) is 5.38. The molecule has 2 aliphatic heterocycles. The molecule has 1 aromatic carbocycles. The first-order chi connectivity index (χ1) is 24.0. The predicted octanol–water partition coefficient (Wildman–Crippen LogP) is 3.89. The smallest absolute Gasteiger partial charge is 0.315 e. The summed E-state index contributed by atoms with van der Waals surface area (Å²) in [6.07, 6.45) is 6.72. The number of amides is 6. The molecule has 2 aliphatic rings. The third kappa shape index (κ3) is 11.3. The summed E-state index contributed by atoms with van der Waals surface area (Å²) >= 11 is 0. The summed E-state index contributed by atoms with van der Waals surface area (Å²) in [7, 11) is 3.06. The first kappa shape index (κ1) is 48.1. The molecule has 6 amide bonds. The number of benzene rings is 1. The number of hydrogen-bond acceptors (Lipinski definition) is 6. The van der Waals surface area contributed by atoms with Crippen molar-refractivity contribution in [2.24, 2.45) is 11.8 Å². The second kappa shape index (κ2) is 21.8. The number of imidazole rings is 2. The minimum absolute atomic E-state index is 0. The van der Waals surface area contributed by atoms with E-state index in [9.17, 15) is 19.2 Å². The first-order valence-corrected chi connectivity index (χ1v) is 17.3. The van der Waals surface area contributed by atoms with Gasteiger partial charge in [-0.2, -0.15) is 54.0 Å². The fourth-order valence-electron chi connectivity index (χ4n) is 6.54. The van der Waals surface area contributed by atoms with Crippen LogP contribution in [0.5, 0.6) is 0 Å². The monoisotopic (exact) mass is 820 g/mol. The lowest BCUT2D eigenvalue weighted by Gasteiger charge is -2.30. The van der Waals surface area contributed by atoms with Crippen molar-refractivity contribution in [2.75, 3.05) is 27.2 Å². The van der Waals surface area contributed by atoms with Crippen LogP contribution in [0.3, 0.4) is 0 Å². The van der Waals surface area contributed by atoms with Gasteiger partial charge in [0.15, 0.2) is 0 Å². The zero-order valence-electron chi connectivity index (χ0n) is 31.6. The van der Waals surface area contributed by atoms with E-state index in [4.69, 9.17) is 0 Å². The van der Waals surface area contributed by atoms with Crippen molar-refractivity contribution in [3.8, 4) is 23.1 Å². The van der Waals surface area contributed by atoms with Gasteiger partial charge in [-0.25, -0.2) is 19.6 Å². The van der Waals surface area contributed by atoms with Crippen molar-refractivity contribution in [3.05, 3.63) is 59.6 Å². The standard InChI is InChI=1S/C36H48N10O4.4H2S/c1-21(2)29(43-35(49)37-5)33(47)45-17-7-9-27(45)31-39-19-25(41-31)16-13-23-11-14-24(15-12-23)26-20-40-32(42-26)28-10-8-18-46(28)34(48)30(22(3)4)44-36(50)38-6;;;;/h11-12,14-15,19-22,27-30H,7-10,17-18H2,1-6H3,(H,39,41)(H,40,42)(H2,37,43,49)(H2,38,44,50);4*1H2/t27-,28-,29-,30-;;;;/m0..../s1. The van der Waals surface area contributed by atoms with E-state index in [1.54, 1.807) is 17.3 Å². The maximum Gasteiger partial charge on any atom is 0.315 e. The van der Waals surface area contributed by atoms with Gasteiger partial charge in [0, 0.05) is 32.7 Å². The highest BCUT2D eigenvalue weighted by molar-refractivity contribution is 7.59. The van der Waals surface area contributed by atoms with Crippen LogP contribution in [0.1, 0.15) is 88.4 Å². The lowest BCUT2D eigenvalue weighted by atomic mass is 10.0. The normalized spacial score (nSPS) is 17.0. The molecule has 54 heavy (non-hydrogen) atoms. The summed E-state index contributed by atoms with van der Waals surface area (Å²) in [4.78, 5) is 70.4. The van der Waals surface area contributed by atoms with E-state index in [-0.39, 0.29) is 102 Å². The highest BCUT2D eigenvalue weighted by atomic mass is 32.1. The topological polar surface area (TPSA) is 180 Å². The van der Waals surface area contributed by atoms with Crippen molar-refractivity contribution < 1.29 is 19.2 Å². The number of carbonyl (C=O) groups is 4. The molecule has 2 saturated heterocycles. The summed E-state index contributed by atoms with van der Waals surface area (Å²) in [5, 5.41) is 10.6. The minimum atomic E-state index is -0.635. The second-order valence-electron chi connectivity index (χ2n) is 13.5. The molecule has 0 unspecified atom stereocenters. The Hall–Kier alpha value is -3.92. The zero-order chi connectivity index (χ0) is 35.9. The van der Waals surface area contributed by atoms with E-state index < -0.39 is 12.1 Å². The third-order valence-corrected chi connectivity index (χ3v) is 9.32. The number of carbonyl (C=O) groups excluding carboxylic acids is 4. The van der Waals surface area contributed by atoms with Crippen LogP contribution in [0.4, 0.5) is 9.59 Å². The molecule has 2 aromatic heterocycles. The molecule has 0 saturated carbocycles. The molecule has 0 aliphatic carbocycles. The van der Waals surface area contributed by atoms with Crippen molar-refractivity contribution in [1.29, 1.82) is 0 Å². The minimum Gasteiger partial charge on any atom is -0.341 e. The van der Waals surface area contributed by atoms with Gasteiger partial charge in [0.2, 0.25) is 11.8 Å². The molecule has 0 bridgehead atoms. The molecular weight excluding hydrogens is 765 g/mol. The average Bonchev–Trinajstić information content (AvgIpc) is 3.94. The van der Waals surface area contributed by atoms with Crippen molar-refractivity contribution in [1.82, 2.24) is 51.0 Å². The van der Waals surface area contributed by atoms with Crippen molar-refractivity contribution in [2.45, 2.75) is 77.5 Å². The predicted molar refractivity (Wildman–Crippen MR) is 230 cm³/mol. The van der Waals surface area contributed by atoms with Gasteiger partial charge in [-0.1, -0.05) is 45.7 Å². The van der Waals surface area contributed by atoms with Crippen LogP contribution < -0.4 is 21.3 Å². The van der Waals surface area contributed by atoms with Crippen LogP contribution in [0.25, 0.3) is 11.3 Å². The van der Waals surface area contributed by atoms with Gasteiger partial charge >= 0.3 is 12.1 Å². The SMILES string of the molecule is CNC(=O)N[C@H](C(=O)N1CCC[C@H]1c1ncc(C#Cc2ccc(-c3cnc([C@@H]4CCCN4C(=O)[C@@H](NC(=O)NC)C(C)C)[nH]3)cc2)[nH]1)C(C)C.S.S.S.S. The summed E-state index contributed by atoms with van der Waals surface area (Å²) in [5.41, 5.74) is 3.23. The Kier molecular flexibility index (Phi) is 19.5. The maximum absolute atomic E-state index is 13.5. The number of H-pyrrole nitrogens is 2. The Morgan fingerprint density at radius 2 is 1.17 bits per heavy atom. The third-order valence-electron chi connectivity index (χ3n) is 9.32. The van der Waals surface area contributed by atoms with Crippen LogP contribution in [-0.4, -0.2) is 92.9 Å². The van der Waals surface area contributed by atoms with E-state index in [0.29, 0.717) is 24.6 Å². The van der Waals surface area contributed by atoms with Gasteiger partial charge in [0.1, 0.15) is 29.4 Å². The van der Waals surface area contributed by atoms with Crippen LogP contribution in [0.15, 0.2) is 36.7 Å². The maximum atomic E-state index is 13.5. The number of nitrogens with one attached hydrogen (secondary N) is 6. The molecule has 14 nitrogen and oxygen atoms in total. The molecule has 4 heterocycles. The number of rotatable bonds is 9. The van der Waals surface area contributed by atoms with E-state index in [0.717, 1.165) is 48.3 Å². The summed E-state index contributed by atoms with van der Waals surface area (Å²) < 4.78 is 0. The van der Waals surface area contributed by atoms with Crippen molar-refractivity contribution >= 4 is 77.9 Å². The van der Waals surface area contributed by atoms with Crippen molar-refractivity contribution in [3.63, 3.8) is 0 Å². The van der Waals surface area contributed by atoms with Crippen LogP contribution in [-0.2, 0) is 9.59 Å². The van der Waals surface area contributed by atoms with Gasteiger partial charge in [-0.3, -0.25) is 9.59 Å². The van der Waals surface area contributed by atoms with E-state index >= 15 is 0 Å². The number of nitrogens with zero attached hydrogens (tertiary/aromatic N) is 4. The van der Waals surface area contributed by atoms with Gasteiger partial charge in [0.25, 0.3) is 0 Å². The van der Waals surface area contributed by atoms with Crippen LogP contribution in [0, 0.1) is 23.7 Å². The number of aromatic nitrogens is 4. The van der Waals surface area contributed by atoms with Crippen LogP contribution in [0.2, 0.25) is 0 Å². The molecule has 6 N–H and O–H groups in total. The number of likely N-dealkylation sites (tertiary alicyclic amines) is 2. The lowest BCUT2D eigenvalue weighted by molar-refractivity contribution is -0.136. The fraction of sp³-hybridized carbons (Fsp3) is 0.500. The lowest BCUT2D eigenvalue weighted by Crippen LogP contribution is -2.53. The van der Waals surface area contributed by atoms with Crippen LogP contribution >= 0.6 is 54.0 Å². The molecular formula is C36H56N10O4S4. The number of aromatic amines is 2. The van der Waals surface area contributed by atoms with Gasteiger partial charge in [0.05, 0.1) is 30.2 Å². The van der Waals surface area contributed by atoms with Gasteiger partial charge in [-0.05, 0) is 61.1 Å². The Bertz CT molecular complexity index is 1750. The highest BCUT2D eigenvalue weighted by Crippen LogP contribution is 2.33. The van der Waals surface area contributed by atoms with E-state index in [1.165, 1.54) is 14.1 Å². The Balaban J connectivity index is 0.00000364. The molecule has 298 valence electrons. The molecule has 0 spiro atoms. The largest absolute Gasteiger partial charge is 0.341 e. The quantitative estimate of drug-likeness (QED) is 0.178. The highest BCUT2D eigenvalue weighted by Gasteiger charge is 2.38. The Morgan fingerprint density at radius 3 is 1.63 bits per heavy atom. The number of urea groups is 2. The molecule has 3 aromatic rings. The molecule has 2 fully saturated rings. The first-order valence-electron chi connectivity index (χ1n) is 17.3.